The van der Waals surface area contributed by atoms with Crippen LogP contribution in [0.5, 0.6) is 11.6 Å². The lowest BCUT2D eigenvalue weighted by molar-refractivity contribution is -0.106. The van der Waals surface area contributed by atoms with Gasteiger partial charge < -0.3 is 15.4 Å². The van der Waals surface area contributed by atoms with Crippen molar-refractivity contribution >= 4 is 32.4 Å². The first-order valence-electron chi connectivity index (χ1n) is 12.6. The van der Waals surface area contributed by atoms with Crippen molar-refractivity contribution in [1.82, 2.24) is 20.3 Å². The minimum atomic E-state index is -4.88. The second kappa shape index (κ2) is 11.3. The van der Waals surface area contributed by atoms with E-state index in [4.69, 9.17) is 4.74 Å². The number of aryl methyl sites for hydroxylation is 1. The predicted octanol–water partition coefficient (Wildman–Crippen LogP) is 5.26. The van der Waals surface area contributed by atoms with Gasteiger partial charge >= 0.3 is 6.18 Å². The van der Waals surface area contributed by atoms with Gasteiger partial charge in [0.2, 0.25) is 21.9 Å². The van der Waals surface area contributed by atoms with Gasteiger partial charge in [-0.2, -0.15) is 13.2 Å². The van der Waals surface area contributed by atoms with Crippen molar-refractivity contribution in [1.29, 1.82) is 0 Å². The molecule has 1 atom stereocenters. The normalized spacial score (nSPS) is 16.1. The number of benzene rings is 2. The average molecular weight is 573 g/mol. The number of alkyl halides is 3. The zero-order valence-electron chi connectivity index (χ0n) is 21.5. The van der Waals surface area contributed by atoms with E-state index < -0.39 is 22.0 Å². The summed E-state index contributed by atoms with van der Waals surface area (Å²) in [4.78, 5) is 13.4. The first-order chi connectivity index (χ1) is 19.1. The van der Waals surface area contributed by atoms with Gasteiger partial charge in [0.05, 0.1) is 16.9 Å². The maximum atomic E-state index is 12.8. The largest absolute Gasteiger partial charge is 0.437 e. The van der Waals surface area contributed by atoms with E-state index in [-0.39, 0.29) is 17.6 Å². The lowest BCUT2D eigenvalue weighted by atomic mass is 10.0. The zero-order valence-corrected chi connectivity index (χ0v) is 22.3. The van der Waals surface area contributed by atoms with Crippen LogP contribution in [0.1, 0.15) is 18.4 Å². The molecule has 1 fully saturated rings. The quantitative estimate of drug-likeness (QED) is 0.262. The number of rotatable bonds is 8. The average Bonchev–Trinajstić information content (AvgIpc) is 2.90. The summed E-state index contributed by atoms with van der Waals surface area (Å²) >= 11 is 0. The van der Waals surface area contributed by atoms with E-state index in [1.807, 2.05) is 6.07 Å². The van der Waals surface area contributed by atoms with Crippen molar-refractivity contribution in [2.24, 2.45) is 0 Å². The van der Waals surface area contributed by atoms with Crippen LogP contribution in [0.4, 0.5) is 24.8 Å². The van der Waals surface area contributed by atoms with Crippen molar-refractivity contribution in [3.05, 3.63) is 66.5 Å². The molecule has 0 saturated carbocycles. The Balaban J connectivity index is 1.48. The molecule has 0 bridgehead atoms. The third-order valence-corrected chi connectivity index (χ3v) is 7.57. The number of sulfonamides is 1. The highest BCUT2D eigenvalue weighted by atomic mass is 32.2. The molecule has 9 nitrogen and oxygen atoms in total. The number of pyridine rings is 1. The Morgan fingerprint density at radius 1 is 1.07 bits per heavy atom. The van der Waals surface area contributed by atoms with Crippen LogP contribution in [0.25, 0.3) is 22.0 Å². The molecule has 2 aromatic carbocycles. The van der Waals surface area contributed by atoms with Crippen LogP contribution in [0.15, 0.2) is 60.9 Å². The Morgan fingerprint density at radius 3 is 2.62 bits per heavy atom. The highest BCUT2D eigenvalue weighted by molar-refractivity contribution is 7.92. The minimum Gasteiger partial charge on any atom is -0.437 e. The Bertz CT molecular complexity index is 1630. The Hall–Kier alpha value is -3.97. The molecule has 0 amide bonds. The molecule has 0 aliphatic carbocycles. The highest BCUT2D eigenvalue weighted by Crippen LogP contribution is 2.40. The Kier molecular flexibility index (Phi) is 7.76. The fourth-order valence-electron chi connectivity index (χ4n) is 4.63. The Morgan fingerprint density at radius 2 is 1.88 bits per heavy atom. The summed E-state index contributed by atoms with van der Waals surface area (Å²) in [5.41, 5.74) is 1.71. The standard InChI is InChI=1S/C27H27F3N6O3S/c1-17-14-23(36-40(37,38)16-27(28,29)30)19-7-2-3-8-20(19)24(17)39-25-21(9-5-12-32-25)22-10-13-33-26(35-22)34-18-6-4-11-31-15-18/h2-3,5,7-10,12-14,18,31,36H,4,6,11,15-16H2,1H3,(H,33,34,35). The number of piperidine rings is 1. The van der Waals surface area contributed by atoms with Crippen LogP contribution >= 0.6 is 0 Å². The first-order valence-corrected chi connectivity index (χ1v) is 14.3. The molecule has 40 heavy (non-hydrogen) atoms. The summed E-state index contributed by atoms with van der Waals surface area (Å²) in [6.45, 7) is 3.49. The summed E-state index contributed by atoms with van der Waals surface area (Å²) in [6.07, 6.45) is 0.424. The van der Waals surface area contributed by atoms with Gasteiger partial charge in [-0.3, -0.25) is 4.72 Å². The van der Waals surface area contributed by atoms with Crippen molar-refractivity contribution in [3.63, 3.8) is 0 Å². The summed E-state index contributed by atoms with van der Waals surface area (Å²) in [5.74, 6) is -0.867. The number of anilines is 2. The molecular weight excluding hydrogens is 545 g/mol. The topological polar surface area (TPSA) is 118 Å². The molecule has 1 aliphatic heterocycles. The number of ether oxygens (including phenoxy) is 1. The molecule has 5 rings (SSSR count). The number of aromatic nitrogens is 3. The Labute approximate surface area is 229 Å². The molecule has 3 N–H and O–H groups in total. The van der Waals surface area contributed by atoms with Gasteiger partial charge in [-0.05, 0) is 56.1 Å². The summed E-state index contributed by atoms with van der Waals surface area (Å²) in [6, 6.07) is 13.7. The third-order valence-electron chi connectivity index (χ3n) is 6.33. The molecule has 0 spiro atoms. The van der Waals surface area contributed by atoms with Gasteiger partial charge in [0, 0.05) is 35.8 Å². The molecule has 3 heterocycles. The summed E-state index contributed by atoms with van der Waals surface area (Å²) in [5, 5.41) is 7.58. The fraction of sp³-hybridized carbons (Fsp3) is 0.296. The molecule has 1 aliphatic rings. The van der Waals surface area contributed by atoms with E-state index in [0.717, 1.165) is 25.9 Å². The lowest BCUT2D eigenvalue weighted by Gasteiger charge is -2.23. The molecule has 2 aromatic heterocycles. The van der Waals surface area contributed by atoms with Crippen molar-refractivity contribution < 1.29 is 26.3 Å². The van der Waals surface area contributed by atoms with Gasteiger partial charge in [-0.15, -0.1) is 0 Å². The maximum absolute atomic E-state index is 12.8. The van der Waals surface area contributed by atoms with E-state index in [1.165, 1.54) is 6.07 Å². The molecule has 1 unspecified atom stereocenters. The number of hydrogen-bond donors (Lipinski definition) is 3. The number of fused-ring (bicyclic) bond motifs is 1. The zero-order chi connectivity index (χ0) is 28.3. The van der Waals surface area contributed by atoms with Gasteiger partial charge in [0.1, 0.15) is 5.75 Å². The van der Waals surface area contributed by atoms with Crippen LogP contribution in [0.2, 0.25) is 0 Å². The number of nitrogens with one attached hydrogen (secondary N) is 3. The van der Waals surface area contributed by atoms with E-state index >= 15 is 0 Å². The monoisotopic (exact) mass is 572 g/mol. The lowest BCUT2D eigenvalue weighted by Crippen LogP contribution is -2.38. The molecule has 13 heteroatoms. The first kappa shape index (κ1) is 27.6. The van der Waals surface area contributed by atoms with Crippen molar-refractivity contribution in [2.45, 2.75) is 32.0 Å². The molecule has 210 valence electrons. The smallest absolute Gasteiger partial charge is 0.404 e. The van der Waals surface area contributed by atoms with Gasteiger partial charge in [0.25, 0.3) is 0 Å². The summed E-state index contributed by atoms with van der Waals surface area (Å²) in [7, 11) is -4.68. The molecule has 4 aromatic rings. The van der Waals surface area contributed by atoms with Crippen molar-refractivity contribution in [3.8, 4) is 22.9 Å². The van der Waals surface area contributed by atoms with Crippen LogP contribution in [-0.4, -0.2) is 54.4 Å². The minimum absolute atomic E-state index is 0.0228. The molecule has 1 saturated heterocycles. The maximum Gasteiger partial charge on any atom is 0.404 e. The number of halogens is 3. The van der Waals surface area contributed by atoms with Crippen LogP contribution in [-0.2, 0) is 10.0 Å². The number of nitrogens with zero attached hydrogens (tertiary/aromatic N) is 3. The van der Waals surface area contributed by atoms with E-state index in [0.29, 0.717) is 39.3 Å². The third kappa shape index (κ3) is 6.59. The SMILES string of the molecule is Cc1cc(NS(=O)(=O)CC(F)(F)F)c2ccccc2c1Oc1ncccc1-c1ccnc(NC2CCCNC2)n1. The van der Waals surface area contributed by atoms with Crippen LogP contribution in [0.3, 0.4) is 0 Å². The van der Waals surface area contributed by atoms with Crippen LogP contribution in [0, 0.1) is 6.92 Å². The van der Waals surface area contributed by atoms with Gasteiger partial charge in [-0.1, -0.05) is 24.3 Å². The summed E-state index contributed by atoms with van der Waals surface area (Å²) < 4.78 is 71.2. The number of hydrogen-bond acceptors (Lipinski definition) is 8. The van der Waals surface area contributed by atoms with Crippen molar-refractivity contribution in [2.75, 3.05) is 28.9 Å². The van der Waals surface area contributed by atoms with E-state index in [9.17, 15) is 21.6 Å². The second-order valence-corrected chi connectivity index (χ2v) is 11.2. The van der Waals surface area contributed by atoms with Gasteiger partial charge in [-0.25, -0.2) is 23.4 Å². The van der Waals surface area contributed by atoms with E-state index in [1.54, 1.807) is 55.7 Å². The van der Waals surface area contributed by atoms with Gasteiger partial charge in [0.15, 0.2) is 5.75 Å². The molecular formula is C27H27F3N6O3S. The second-order valence-electron chi connectivity index (χ2n) is 9.50. The van der Waals surface area contributed by atoms with Crippen LogP contribution < -0.4 is 20.1 Å². The predicted molar refractivity (Wildman–Crippen MR) is 147 cm³/mol. The molecule has 0 radical (unpaired) electrons. The highest BCUT2D eigenvalue weighted by Gasteiger charge is 2.35. The fourth-order valence-corrected chi connectivity index (χ4v) is 5.63. The van der Waals surface area contributed by atoms with E-state index in [2.05, 4.69) is 30.3 Å².